The van der Waals surface area contributed by atoms with Crippen molar-refractivity contribution in [1.29, 1.82) is 0 Å². The van der Waals surface area contributed by atoms with E-state index >= 15 is 0 Å². The number of ketones is 1. The molecule has 220 valence electrons. The molecular weight excluding hydrogens is 496 g/mol. The molecule has 1 saturated carbocycles. The van der Waals surface area contributed by atoms with E-state index in [1.54, 1.807) is 0 Å². The molecule has 0 radical (unpaired) electrons. The third-order valence-electron chi connectivity index (χ3n) is 6.87. The number of unbranched alkanes of at least 4 members (excludes halogenated alkanes) is 5. The SMILES string of the molecule is CCCCCCCC(=O)CC[C@@H]1[C@@H](C/C=C\CCCC(=O)NCC(=O)OCC(C)ON(O)O)[C@@H](O)C[C@H]1O. The van der Waals surface area contributed by atoms with Crippen LogP contribution in [0.15, 0.2) is 12.2 Å². The van der Waals surface area contributed by atoms with Crippen LogP contribution in [0.4, 0.5) is 0 Å². The van der Waals surface area contributed by atoms with Gasteiger partial charge in [0.15, 0.2) is 0 Å². The van der Waals surface area contributed by atoms with Gasteiger partial charge in [0.05, 0.1) is 17.6 Å². The normalized spacial score (nSPS) is 22.2. The van der Waals surface area contributed by atoms with Crippen molar-refractivity contribution in [3.63, 3.8) is 0 Å². The second-order valence-corrected chi connectivity index (χ2v) is 10.2. The van der Waals surface area contributed by atoms with Gasteiger partial charge in [0, 0.05) is 19.3 Å². The van der Waals surface area contributed by atoms with E-state index < -0.39 is 29.7 Å². The van der Waals surface area contributed by atoms with Gasteiger partial charge >= 0.3 is 5.97 Å². The van der Waals surface area contributed by atoms with Crippen molar-refractivity contribution >= 4 is 17.7 Å². The van der Waals surface area contributed by atoms with Crippen LogP contribution in [-0.4, -0.2) is 75.1 Å². The minimum atomic E-state index is -0.770. The van der Waals surface area contributed by atoms with Crippen molar-refractivity contribution < 1.29 is 44.6 Å². The molecule has 11 heteroatoms. The Morgan fingerprint density at radius 2 is 1.68 bits per heavy atom. The van der Waals surface area contributed by atoms with Gasteiger partial charge in [-0.05, 0) is 57.3 Å². The van der Waals surface area contributed by atoms with Crippen LogP contribution in [0, 0.1) is 11.8 Å². The number of esters is 1. The van der Waals surface area contributed by atoms with Crippen molar-refractivity contribution in [2.75, 3.05) is 13.2 Å². The van der Waals surface area contributed by atoms with Gasteiger partial charge < -0.3 is 20.3 Å². The number of amides is 1. The molecule has 1 unspecified atom stereocenters. The van der Waals surface area contributed by atoms with Gasteiger partial charge in [-0.15, -0.1) is 0 Å². The summed E-state index contributed by atoms with van der Waals surface area (Å²) in [5.74, 6) is -0.902. The minimum absolute atomic E-state index is 0.0844. The molecule has 0 saturated heterocycles. The Labute approximate surface area is 226 Å². The molecule has 1 rings (SSSR count). The quantitative estimate of drug-likeness (QED) is 0.0626. The fraction of sp³-hybridized carbons (Fsp3) is 0.815. The molecule has 1 amide bonds. The van der Waals surface area contributed by atoms with Crippen LogP contribution in [0.1, 0.15) is 97.3 Å². The molecule has 0 aromatic rings. The van der Waals surface area contributed by atoms with Crippen LogP contribution in [0.5, 0.6) is 0 Å². The predicted molar refractivity (Wildman–Crippen MR) is 139 cm³/mol. The fourth-order valence-electron chi connectivity index (χ4n) is 4.75. The molecule has 5 atom stereocenters. The van der Waals surface area contributed by atoms with E-state index in [1.165, 1.54) is 26.2 Å². The number of allylic oxidation sites excluding steroid dienone is 2. The van der Waals surface area contributed by atoms with Crippen molar-refractivity contribution in [2.24, 2.45) is 11.8 Å². The van der Waals surface area contributed by atoms with Gasteiger partial charge in [-0.1, -0.05) is 44.8 Å². The first-order valence-corrected chi connectivity index (χ1v) is 13.9. The lowest BCUT2D eigenvalue weighted by molar-refractivity contribution is -0.504. The molecule has 0 heterocycles. The topological polar surface area (TPSA) is 166 Å². The molecule has 0 spiro atoms. The first-order chi connectivity index (χ1) is 18.1. The number of carbonyl (C=O) groups is 3. The lowest BCUT2D eigenvalue weighted by atomic mass is 9.86. The second-order valence-electron chi connectivity index (χ2n) is 10.2. The number of rotatable bonds is 21. The molecule has 0 aromatic carbocycles. The smallest absolute Gasteiger partial charge is 0.325 e. The summed E-state index contributed by atoms with van der Waals surface area (Å²) in [5, 5.41) is 39.8. The summed E-state index contributed by atoms with van der Waals surface area (Å²) < 4.78 is 4.85. The Morgan fingerprint density at radius 3 is 2.39 bits per heavy atom. The number of nitrogens with zero attached hydrogens (tertiary/aromatic N) is 1. The maximum atomic E-state index is 12.3. The zero-order chi connectivity index (χ0) is 28.3. The zero-order valence-electron chi connectivity index (χ0n) is 22.9. The zero-order valence-corrected chi connectivity index (χ0v) is 22.9. The van der Waals surface area contributed by atoms with E-state index in [0.717, 1.165) is 12.8 Å². The fourth-order valence-corrected chi connectivity index (χ4v) is 4.75. The van der Waals surface area contributed by atoms with Gasteiger partial charge in [-0.3, -0.25) is 24.8 Å². The van der Waals surface area contributed by atoms with Gasteiger partial charge in [0.25, 0.3) is 0 Å². The van der Waals surface area contributed by atoms with E-state index in [0.29, 0.717) is 44.9 Å². The summed E-state index contributed by atoms with van der Waals surface area (Å²) in [5.41, 5.74) is 0. The summed E-state index contributed by atoms with van der Waals surface area (Å²) in [6.45, 7) is 3.12. The highest BCUT2D eigenvalue weighted by Gasteiger charge is 2.40. The number of aliphatic hydroxyl groups excluding tert-OH is 2. The third kappa shape index (κ3) is 15.5. The van der Waals surface area contributed by atoms with E-state index in [-0.39, 0.29) is 43.1 Å². The summed E-state index contributed by atoms with van der Waals surface area (Å²) >= 11 is 0. The van der Waals surface area contributed by atoms with Crippen LogP contribution >= 0.6 is 0 Å². The molecule has 0 aromatic heterocycles. The number of carbonyl (C=O) groups excluding carboxylic acids is 3. The average Bonchev–Trinajstić information content (AvgIpc) is 3.13. The number of nitrogens with one attached hydrogen (secondary N) is 1. The summed E-state index contributed by atoms with van der Waals surface area (Å²) in [6.07, 6.45) is 11.6. The van der Waals surface area contributed by atoms with E-state index in [1.807, 2.05) is 12.2 Å². The summed E-state index contributed by atoms with van der Waals surface area (Å²) in [7, 11) is 0. The first kappa shape index (κ1) is 34.1. The van der Waals surface area contributed by atoms with Gasteiger partial charge in [0.2, 0.25) is 5.91 Å². The standard InChI is InChI=1S/C27H48N2O9/c1-3-4-5-6-9-12-21(30)15-16-23-22(24(31)17-25(23)32)13-10-7-8-11-14-26(33)28-18-27(34)37-19-20(2)38-29(35)36/h7,10,20,22-25,31-32,35-36H,3-6,8-9,11-19H2,1-2H3,(H,28,33)/b10-7-/t20?,22-,23-,24+,25-/m1/s1. The Kier molecular flexibility index (Phi) is 18.0. The lowest BCUT2D eigenvalue weighted by Gasteiger charge is -2.22. The van der Waals surface area contributed by atoms with E-state index in [2.05, 4.69) is 17.1 Å². The van der Waals surface area contributed by atoms with Crippen molar-refractivity contribution in [3.05, 3.63) is 12.2 Å². The Balaban J connectivity index is 2.23. The Morgan fingerprint density at radius 1 is 0.974 bits per heavy atom. The Bertz CT molecular complexity index is 717. The van der Waals surface area contributed by atoms with Crippen molar-refractivity contribution in [2.45, 2.75) is 116 Å². The second kappa shape index (κ2) is 20.1. The molecule has 1 aliphatic rings. The predicted octanol–water partition coefficient (Wildman–Crippen LogP) is 3.23. The van der Waals surface area contributed by atoms with Gasteiger partial charge in [0.1, 0.15) is 25.0 Å². The van der Waals surface area contributed by atoms with Gasteiger partial charge in [-0.25, -0.2) is 4.84 Å². The molecule has 0 aliphatic heterocycles. The molecule has 1 aliphatic carbocycles. The molecule has 11 nitrogen and oxygen atoms in total. The highest BCUT2D eigenvalue weighted by atomic mass is 17.1. The lowest BCUT2D eigenvalue weighted by Crippen LogP contribution is -2.32. The first-order valence-electron chi connectivity index (χ1n) is 13.9. The average molecular weight is 545 g/mol. The number of hydrogen-bond donors (Lipinski definition) is 5. The maximum absolute atomic E-state index is 12.3. The van der Waals surface area contributed by atoms with Crippen molar-refractivity contribution in [3.8, 4) is 0 Å². The number of ether oxygens (including phenoxy) is 1. The minimum Gasteiger partial charge on any atom is -0.462 e. The molecular formula is C27H48N2O9. The number of Topliss-reactive ketones (excluding diaryl/α,β-unsaturated/α-hetero) is 1. The highest BCUT2D eigenvalue weighted by Crippen LogP contribution is 2.38. The molecule has 5 N–H and O–H groups in total. The van der Waals surface area contributed by atoms with Crippen LogP contribution < -0.4 is 5.32 Å². The van der Waals surface area contributed by atoms with Crippen LogP contribution in [0.2, 0.25) is 0 Å². The molecule has 38 heavy (non-hydrogen) atoms. The Hall–Kier alpha value is -1.89. The van der Waals surface area contributed by atoms with Crippen LogP contribution in [0.3, 0.4) is 0 Å². The molecule has 1 fully saturated rings. The maximum Gasteiger partial charge on any atom is 0.325 e. The highest BCUT2D eigenvalue weighted by molar-refractivity contribution is 5.81. The molecule has 0 bridgehead atoms. The summed E-state index contributed by atoms with van der Waals surface area (Å²) in [4.78, 5) is 40.2. The van der Waals surface area contributed by atoms with Gasteiger partial charge in [-0.2, -0.15) is 0 Å². The number of aliphatic hydroxyl groups is 2. The largest absolute Gasteiger partial charge is 0.462 e. The van der Waals surface area contributed by atoms with Crippen LogP contribution in [-0.2, 0) is 24.0 Å². The number of hydrogen-bond acceptors (Lipinski definition) is 10. The van der Waals surface area contributed by atoms with Crippen molar-refractivity contribution in [1.82, 2.24) is 10.7 Å². The van der Waals surface area contributed by atoms with E-state index in [4.69, 9.17) is 15.2 Å². The monoisotopic (exact) mass is 544 g/mol. The van der Waals surface area contributed by atoms with E-state index in [9.17, 15) is 24.6 Å². The summed E-state index contributed by atoms with van der Waals surface area (Å²) in [6, 6.07) is 0. The third-order valence-corrected chi connectivity index (χ3v) is 6.87. The van der Waals surface area contributed by atoms with Crippen LogP contribution in [0.25, 0.3) is 0 Å².